The molecule has 2 atom stereocenters. The van der Waals surface area contributed by atoms with Gasteiger partial charge in [-0.3, -0.25) is 18.6 Å². The van der Waals surface area contributed by atoms with E-state index in [1.54, 1.807) is 0 Å². The van der Waals surface area contributed by atoms with Crippen molar-refractivity contribution >= 4 is 19.8 Å². The Hall–Kier alpha value is -1.51. The lowest BCUT2D eigenvalue weighted by Crippen LogP contribution is -2.29. The third-order valence-corrected chi connectivity index (χ3v) is 9.60. The Labute approximate surface area is 306 Å². The molecule has 0 rings (SSSR count). The molecule has 50 heavy (non-hydrogen) atoms. The number of esters is 2. The maximum absolute atomic E-state index is 12.5. The Kier molecular flexibility index (Phi) is 36.1. The van der Waals surface area contributed by atoms with Crippen LogP contribution in [0.3, 0.4) is 0 Å². The van der Waals surface area contributed by atoms with Gasteiger partial charge in [-0.15, -0.1) is 0 Å². The van der Waals surface area contributed by atoms with Crippen molar-refractivity contribution in [2.24, 2.45) is 5.73 Å². The Morgan fingerprint density at radius 1 is 0.600 bits per heavy atom. The number of allylic oxidation sites excluding steroid dienone is 4. The average molecular weight is 730 g/mol. The topological polar surface area (TPSA) is 134 Å². The molecule has 9 nitrogen and oxygen atoms in total. The second-order valence-corrected chi connectivity index (χ2v) is 15.0. The minimum Gasteiger partial charge on any atom is -0.462 e. The van der Waals surface area contributed by atoms with Crippen molar-refractivity contribution in [3.63, 3.8) is 0 Å². The second kappa shape index (κ2) is 37.3. The smallest absolute Gasteiger partial charge is 0.462 e. The lowest BCUT2D eigenvalue weighted by atomic mass is 10.0. The lowest BCUT2D eigenvalue weighted by Gasteiger charge is -2.19. The van der Waals surface area contributed by atoms with Crippen LogP contribution in [-0.4, -0.2) is 49.3 Å². The zero-order chi connectivity index (χ0) is 36.8. The van der Waals surface area contributed by atoms with Crippen LogP contribution in [0.2, 0.25) is 0 Å². The van der Waals surface area contributed by atoms with Gasteiger partial charge in [0.1, 0.15) is 6.61 Å². The van der Waals surface area contributed by atoms with Gasteiger partial charge in [0.2, 0.25) is 0 Å². The molecule has 3 N–H and O–H groups in total. The third-order valence-electron chi connectivity index (χ3n) is 8.62. The molecule has 0 aromatic carbocycles. The Balaban J connectivity index is 4.21. The Morgan fingerprint density at radius 3 is 1.50 bits per heavy atom. The average Bonchev–Trinajstić information content (AvgIpc) is 3.10. The summed E-state index contributed by atoms with van der Waals surface area (Å²) < 4.78 is 32.7. The van der Waals surface area contributed by atoms with Gasteiger partial charge >= 0.3 is 19.8 Å². The van der Waals surface area contributed by atoms with E-state index in [1.807, 2.05) is 0 Å². The van der Waals surface area contributed by atoms with Crippen molar-refractivity contribution in [3.05, 3.63) is 24.3 Å². The van der Waals surface area contributed by atoms with Crippen LogP contribution in [0.25, 0.3) is 0 Å². The largest absolute Gasteiger partial charge is 0.472 e. The molecule has 0 amide bonds. The summed E-state index contributed by atoms with van der Waals surface area (Å²) in [6.07, 6.45) is 37.7. The highest BCUT2D eigenvalue weighted by Crippen LogP contribution is 2.43. The predicted molar refractivity (Wildman–Crippen MR) is 206 cm³/mol. The highest BCUT2D eigenvalue weighted by molar-refractivity contribution is 7.47. The number of rotatable bonds is 38. The SMILES string of the molecule is CCCCCC/C=C/C=C/CCCCCCCC(=O)O[C@H](COC(=O)CCCCCCCCCCCCCCCC)COP(=O)(O)OCCN. The monoisotopic (exact) mass is 730 g/mol. The van der Waals surface area contributed by atoms with Gasteiger partial charge in [0, 0.05) is 19.4 Å². The summed E-state index contributed by atoms with van der Waals surface area (Å²) in [5, 5.41) is 0. The summed E-state index contributed by atoms with van der Waals surface area (Å²) in [4.78, 5) is 34.8. The van der Waals surface area contributed by atoms with Crippen molar-refractivity contribution in [2.75, 3.05) is 26.4 Å². The second-order valence-electron chi connectivity index (χ2n) is 13.5. The standard InChI is InChI=1S/C40H76NO8P/c1-3-5-7-9-11-13-15-17-19-21-23-25-27-29-31-33-40(43)49-38(37-48-50(44,45)47-35-34-41)36-46-39(42)32-30-28-26-24-22-20-18-16-14-12-10-8-6-4-2/h13,15,17,19,38H,3-12,14,16,18,20-37,41H2,1-2H3,(H,44,45)/b15-13+,19-17+/t38-/m1/s1. The fraction of sp³-hybridized carbons (Fsp3) is 0.850. The van der Waals surface area contributed by atoms with E-state index in [2.05, 4.69) is 38.2 Å². The number of unbranched alkanes of at least 4 members (excludes halogenated alkanes) is 22. The highest BCUT2D eigenvalue weighted by Gasteiger charge is 2.26. The molecule has 0 fully saturated rings. The molecule has 0 aromatic heterocycles. The molecule has 1 unspecified atom stereocenters. The van der Waals surface area contributed by atoms with Gasteiger partial charge in [0.15, 0.2) is 6.10 Å². The molecule has 0 heterocycles. The number of nitrogens with two attached hydrogens (primary N) is 1. The van der Waals surface area contributed by atoms with Gasteiger partial charge in [-0.2, -0.15) is 0 Å². The summed E-state index contributed by atoms with van der Waals surface area (Å²) in [6, 6.07) is 0. The third kappa shape index (κ3) is 36.3. The molecule has 0 radical (unpaired) electrons. The van der Waals surface area contributed by atoms with Crippen molar-refractivity contribution in [2.45, 2.75) is 193 Å². The molecular weight excluding hydrogens is 653 g/mol. The van der Waals surface area contributed by atoms with Crippen molar-refractivity contribution < 1.29 is 37.6 Å². The van der Waals surface area contributed by atoms with Crippen LogP contribution in [-0.2, 0) is 32.7 Å². The van der Waals surface area contributed by atoms with Crippen LogP contribution >= 0.6 is 7.82 Å². The van der Waals surface area contributed by atoms with Crippen molar-refractivity contribution in [3.8, 4) is 0 Å². The predicted octanol–water partition coefficient (Wildman–Crippen LogP) is 11.2. The van der Waals surface area contributed by atoms with E-state index >= 15 is 0 Å². The van der Waals surface area contributed by atoms with Gasteiger partial charge < -0.3 is 20.1 Å². The first-order chi connectivity index (χ1) is 24.3. The first kappa shape index (κ1) is 48.5. The minimum absolute atomic E-state index is 0.0521. The molecule has 0 aliphatic rings. The van der Waals surface area contributed by atoms with Gasteiger partial charge in [0.05, 0.1) is 13.2 Å². The Morgan fingerprint density at radius 2 is 1.02 bits per heavy atom. The number of hydrogen-bond donors (Lipinski definition) is 2. The van der Waals surface area contributed by atoms with E-state index in [0.717, 1.165) is 57.8 Å². The number of ether oxygens (including phenoxy) is 2. The Bertz CT molecular complexity index is 881. The van der Waals surface area contributed by atoms with Crippen LogP contribution in [0.1, 0.15) is 187 Å². The van der Waals surface area contributed by atoms with Crippen LogP contribution in [0.5, 0.6) is 0 Å². The minimum atomic E-state index is -4.37. The zero-order valence-electron chi connectivity index (χ0n) is 32.1. The maximum atomic E-state index is 12.5. The van der Waals surface area contributed by atoms with Crippen molar-refractivity contribution in [1.82, 2.24) is 0 Å². The van der Waals surface area contributed by atoms with Crippen LogP contribution < -0.4 is 5.73 Å². The van der Waals surface area contributed by atoms with Crippen LogP contribution in [0.4, 0.5) is 0 Å². The number of carbonyl (C=O) groups is 2. The summed E-state index contributed by atoms with van der Waals surface area (Å²) >= 11 is 0. The molecule has 0 saturated heterocycles. The van der Waals surface area contributed by atoms with Crippen LogP contribution in [0, 0.1) is 0 Å². The normalized spacial score (nSPS) is 13.6. The van der Waals surface area contributed by atoms with E-state index in [9.17, 15) is 19.0 Å². The fourth-order valence-corrected chi connectivity index (χ4v) is 6.33. The van der Waals surface area contributed by atoms with Crippen molar-refractivity contribution in [1.29, 1.82) is 0 Å². The maximum Gasteiger partial charge on any atom is 0.472 e. The van der Waals surface area contributed by atoms with E-state index in [0.29, 0.717) is 6.42 Å². The molecule has 0 saturated carbocycles. The number of phosphoric acid groups is 1. The first-order valence-corrected chi connectivity index (χ1v) is 21.8. The molecule has 294 valence electrons. The van der Waals surface area contributed by atoms with E-state index in [-0.39, 0.29) is 38.6 Å². The van der Waals surface area contributed by atoms with Gasteiger partial charge in [0.25, 0.3) is 0 Å². The van der Waals surface area contributed by atoms with E-state index in [4.69, 9.17) is 24.3 Å². The quantitative estimate of drug-likeness (QED) is 0.0275. The highest BCUT2D eigenvalue weighted by atomic mass is 31.2. The molecule has 0 aliphatic heterocycles. The molecule has 0 bridgehead atoms. The molecule has 0 aliphatic carbocycles. The molecular formula is C40H76NO8P. The number of carbonyl (C=O) groups excluding carboxylic acids is 2. The van der Waals surface area contributed by atoms with Gasteiger partial charge in [-0.1, -0.05) is 160 Å². The summed E-state index contributed by atoms with van der Waals surface area (Å²) in [7, 11) is -4.37. The van der Waals surface area contributed by atoms with Gasteiger partial charge in [-0.05, 0) is 38.5 Å². The summed E-state index contributed by atoms with van der Waals surface area (Å²) in [6.45, 7) is 3.70. The molecule has 10 heteroatoms. The summed E-state index contributed by atoms with van der Waals surface area (Å²) in [5.41, 5.74) is 5.34. The molecule has 0 spiro atoms. The molecule has 0 aromatic rings. The first-order valence-electron chi connectivity index (χ1n) is 20.3. The van der Waals surface area contributed by atoms with E-state index < -0.39 is 26.5 Å². The number of hydrogen-bond acceptors (Lipinski definition) is 8. The number of phosphoric ester groups is 1. The zero-order valence-corrected chi connectivity index (χ0v) is 33.0. The summed E-state index contributed by atoms with van der Waals surface area (Å²) in [5.74, 6) is -0.841. The lowest BCUT2D eigenvalue weighted by molar-refractivity contribution is -0.161. The van der Waals surface area contributed by atoms with Crippen LogP contribution in [0.15, 0.2) is 24.3 Å². The fourth-order valence-electron chi connectivity index (χ4n) is 5.57. The van der Waals surface area contributed by atoms with E-state index in [1.165, 1.54) is 96.3 Å². The van der Waals surface area contributed by atoms with Gasteiger partial charge in [-0.25, -0.2) is 4.57 Å².